The third-order valence-corrected chi connectivity index (χ3v) is 3.95. The van der Waals surface area contributed by atoms with Crippen LogP contribution in [0.15, 0.2) is 23.1 Å². The smallest absolute Gasteiger partial charge is 0.389 e. The van der Waals surface area contributed by atoms with Crippen molar-refractivity contribution in [2.24, 2.45) is 0 Å². The third-order valence-electron chi connectivity index (χ3n) is 2.19. The molecule has 108 valence electrons. The van der Waals surface area contributed by atoms with E-state index in [0.717, 1.165) is 6.07 Å². The molecule has 1 rings (SSSR count). The van der Waals surface area contributed by atoms with Gasteiger partial charge in [-0.2, -0.15) is 13.2 Å². The second kappa shape index (κ2) is 5.98. The van der Waals surface area contributed by atoms with Gasteiger partial charge in [0.15, 0.2) is 0 Å². The zero-order valence-electron chi connectivity index (χ0n) is 9.67. The molecule has 0 aliphatic carbocycles. The summed E-state index contributed by atoms with van der Waals surface area (Å²) in [7, 11) is -3.96. The molecule has 0 amide bonds. The van der Waals surface area contributed by atoms with Crippen molar-refractivity contribution in [3.63, 3.8) is 0 Å². The van der Waals surface area contributed by atoms with Crippen LogP contribution in [0, 0.1) is 0 Å². The summed E-state index contributed by atoms with van der Waals surface area (Å²) in [5.41, 5.74) is 5.47. The fraction of sp³-hybridized carbons (Fsp3) is 0.400. The third kappa shape index (κ3) is 5.25. The molecule has 0 saturated heterocycles. The minimum absolute atomic E-state index is 0.0206. The van der Waals surface area contributed by atoms with Crippen molar-refractivity contribution < 1.29 is 21.6 Å². The molecule has 0 aliphatic rings. The standard InChI is InChI=1S/C10H12ClF3N2O2S/c11-7-2-3-8(15)9(6-7)19(17,18)16-5-1-4-10(12,13)14/h2-3,6,16H,1,4-5,15H2. The number of rotatable bonds is 5. The predicted octanol–water partition coefficient (Wildman–Crippen LogP) is 2.54. The normalized spacial score (nSPS) is 12.6. The maximum atomic E-state index is 11.9. The Bertz CT molecular complexity index is 546. The van der Waals surface area contributed by atoms with Crippen molar-refractivity contribution in [1.29, 1.82) is 0 Å². The Balaban J connectivity index is 2.69. The molecular formula is C10H12ClF3N2O2S. The van der Waals surface area contributed by atoms with Crippen LogP contribution in [0.5, 0.6) is 0 Å². The molecular weight excluding hydrogens is 305 g/mol. The molecule has 19 heavy (non-hydrogen) atoms. The van der Waals surface area contributed by atoms with Gasteiger partial charge in [0.05, 0.1) is 5.69 Å². The Morgan fingerprint density at radius 2 is 1.95 bits per heavy atom. The Morgan fingerprint density at radius 1 is 1.32 bits per heavy atom. The number of anilines is 1. The van der Waals surface area contributed by atoms with E-state index in [1.54, 1.807) is 0 Å². The Labute approximate surface area is 113 Å². The van der Waals surface area contributed by atoms with E-state index in [-0.39, 0.29) is 28.6 Å². The summed E-state index contributed by atoms with van der Waals surface area (Å²) in [5, 5.41) is 0.171. The van der Waals surface area contributed by atoms with Gasteiger partial charge >= 0.3 is 6.18 Å². The van der Waals surface area contributed by atoms with E-state index in [1.165, 1.54) is 12.1 Å². The molecule has 3 N–H and O–H groups in total. The highest BCUT2D eigenvalue weighted by Crippen LogP contribution is 2.23. The number of nitrogens with two attached hydrogens (primary N) is 1. The van der Waals surface area contributed by atoms with Gasteiger partial charge in [0.2, 0.25) is 10.0 Å². The molecule has 0 radical (unpaired) electrons. The molecule has 0 unspecified atom stereocenters. The van der Waals surface area contributed by atoms with Crippen LogP contribution in [0.4, 0.5) is 18.9 Å². The van der Waals surface area contributed by atoms with Gasteiger partial charge in [-0.1, -0.05) is 11.6 Å². The van der Waals surface area contributed by atoms with E-state index in [4.69, 9.17) is 17.3 Å². The molecule has 0 aromatic heterocycles. The highest BCUT2D eigenvalue weighted by molar-refractivity contribution is 7.89. The number of nitrogen functional groups attached to an aromatic ring is 1. The predicted molar refractivity (Wildman–Crippen MR) is 66.3 cm³/mol. The number of halogens is 4. The zero-order chi connectivity index (χ0) is 14.7. The van der Waals surface area contributed by atoms with Crippen LogP contribution in [-0.4, -0.2) is 21.1 Å². The van der Waals surface area contributed by atoms with Gasteiger partial charge in [-0.3, -0.25) is 0 Å². The van der Waals surface area contributed by atoms with Gasteiger partial charge in [-0.15, -0.1) is 0 Å². The molecule has 0 saturated carbocycles. The summed E-state index contributed by atoms with van der Waals surface area (Å²) in [4.78, 5) is -0.244. The van der Waals surface area contributed by atoms with Crippen molar-refractivity contribution in [1.82, 2.24) is 4.72 Å². The average molecular weight is 317 g/mol. The molecule has 0 heterocycles. The van der Waals surface area contributed by atoms with Crippen LogP contribution < -0.4 is 10.5 Å². The van der Waals surface area contributed by atoms with Gasteiger partial charge < -0.3 is 5.73 Å². The number of hydrogen-bond acceptors (Lipinski definition) is 3. The van der Waals surface area contributed by atoms with Crippen molar-refractivity contribution in [3.8, 4) is 0 Å². The van der Waals surface area contributed by atoms with Gasteiger partial charge in [-0.25, -0.2) is 13.1 Å². The Hall–Kier alpha value is -0.990. The number of sulfonamides is 1. The van der Waals surface area contributed by atoms with Crippen LogP contribution in [0.2, 0.25) is 5.02 Å². The lowest BCUT2D eigenvalue weighted by Crippen LogP contribution is -2.26. The second-order valence-electron chi connectivity index (χ2n) is 3.80. The molecule has 9 heteroatoms. The van der Waals surface area contributed by atoms with E-state index < -0.39 is 22.6 Å². The molecule has 1 aromatic carbocycles. The summed E-state index contributed by atoms with van der Waals surface area (Å²) < 4.78 is 61.3. The molecule has 4 nitrogen and oxygen atoms in total. The van der Waals surface area contributed by atoms with Crippen LogP contribution in [-0.2, 0) is 10.0 Å². The van der Waals surface area contributed by atoms with E-state index in [2.05, 4.69) is 0 Å². The fourth-order valence-corrected chi connectivity index (χ4v) is 2.78. The Morgan fingerprint density at radius 3 is 2.53 bits per heavy atom. The summed E-state index contributed by atoms with van der Waals surface area (Å²) in [6.45, 7) is -0.326. The molecule has 0 aliphatic heterocycles. The summed E-state index contributed by atoms with van der Waals surface area (Å²) in [6.07, 6.45) is -5.70. The lowest BCUT2D eigenvalue weighted by Gasteiger charge is -2.10. The first-order valence-electron chi connectivity index (χ1n) is 5.23. The van der Waals surface area contributed by atoms with Crippen molar-refractivity contribution in [2.45, 2.75) is 23.9 Å². The lowest BCUT2D eigenvalue weighted by atomic mass is 10.3. The molecule has 1 aromatic rings. The van der Waals surface area contributed by atoms with E-state index >= 15 is 0 Å². The Kier molecular flexibility index (Phi) is 5.05. The number of hydrogen-bond donors (Lipinski definition) is 2. The largest absolute Gasteiger partial charge is 0.398 e. The van der Waals surface area contributed by atoms with Crippen LogP contribution >= 0.6 is 11.6 Å². The summed E-state index contributed by atoms with van der Waals surface area (Å²) in [6, 6.07) is 3.87. The first-order valence-corrected chi connectivity index (χ1v) is 7.09. The minimum Gasteiger partial charge on any atom is -0.398 e. The maximum absolute atomic E-state index is 11.9. The SMILES string of the molecule is Nc1ccc(Cl)cc1S(=O)(=O)NCCCC(F)(F)F. The average Bonchev–Trinajstić information content (AvgIpc) is 2.26. The maximum Gasteiger partial charge on any atom is 0.389 e. The van der Waals surface area contributed by atoms with Crippen molar-refractivity contribution >= 4 is 27.3 Å². The van der Waals surface area contributed by atoms with Gasteiger partial charge in [0, 0.05) is 18.0 Å². The topological polar surface area (TPSA) is 72.2 Å². The van der Waals surface area contributed by atoms with E-state index in [0.29, 0.717) is 0 Å². The quantitative estimate of drug-likeness (QED) is 0.647. The number of nitrogens with one attached hydrogen (secondary N) is 1. The lowest BCUT2D eigenvalue weighted by molar-refractivity contribution is -0.135. The molecule has 0 bridgehead atoms. The van der Waals surface area contributed by atoms with Crippen LogP contribution in [0.3, 0.4) is 0 Å². The first kappa shape index (κ1) is 16.1. The fourth-order valence-electron chi connectivity index (χ4n) is 1.31. The minimum atomic E-state index is -4.31. The monoisotopic (exact) mass is 316 g/mol. The van der Waals surface area contributed by atoms with Gasteiger partial charge in [0.25, 0.3) is 0 Å². The summed E-state index contributed by atoms with van der Waals surface area (Å²) in [5.74, 6) is 0. The van der Waals surface area contributed by atoms with E-state index in [9.17, 15) is 21.6 Å². The number of benzene rings is 1. The zero-order valence-corrected chi connectivity index (χ0v) is 11.2. The van der Waals surface area contributed by atoms with E-state index in [1.807, 2.05) is 4.72 Å². The van der Waals surface area contributed by atoms with Crippen LogP contribution in [0.1, 0.15) is 12.8 Å². The highest BCUT2D eigenvalue weighted by Gasteiger charge is 2.26. The molecule has 0 fully saturated rings. The first-order chi connectivity index (χ1) is 8.62. The highest BCUT2D eigenvalue weighted by atomic mass is 35.5. The molecule has 0 spiro atoms. The van der Waals surface area contributed by atoms with Crippen molar-refractivity contribution in [2.75, 3.05) is 12.3 Å². The van der Waals surface area contributed by atoms with Crippen LogP contribution in [0.25, 0.3) is 0 Å². The van der Waals surface area contributed by atoms with Gasteiger partial charge in [-0.05, 0) is 24.6 Å². The van der Waals surface area contributed by atoms with Crippen molar-refractivity contribution in [3.05, 3.63) is 23.2 Å². The number of alkyl halides is 3. The summed E-state index contributed by atoms with van der Waals surface area (Å²) >= 11 is 5.65. The second-order valence-corrected chi connectivity index (χ2v) is 5.97. The molecule has 0 atom stereocenters. The van der Waals surface area contributed by atoms with Gasteiger partial charge in [0.1, 0.15) is 4.90 Å².